The Bertz CT molecular complexity index is 1300. The molecule has 0 aliphatic heterocycles. The molecule has 5 nitrogen and oxygen atoms in total. The summed E-state index contributed by atoms with van der Waals surface area (Å²) in [5.41, 5.74) is 5.46. The first-order chi connectivity index (χ1) is 14.9. The minimum Gasteiger partial charge on any atom is -0.324 e. The lowest BCUT2D eigenvalue weighted by molar-refractivity contribution is -0.113. The highest BCUT2D eigenvalue weighted by atomic mass is 79.9. The molecular weight excluding hydrogens is 472 g/mol. The lowest BCUT2D eigenvalue weighted by Crippen LogP contribution is -2.15. The van der Waals surface area contributed by atoms with Crippen molar-refractivity contribution in [2.24, 2.45) is 0 Å². The van der Waals surface area contributed by atoms with Crippen LogP contribution >= 0.6 is 27.7 Å². The molecule has 0 unspecified atom stereocenters. The van der Waals surface area contributed by atoms with Gasteiger partial charge in [0, 0.05) is 9.86 Å². The number of benzene rings is 3. The van der Waals surface area contributed by atoms with E-state index in [4.69, 9.17) is 0 Å². The minimum atomic E-state index is -0.0919. The van der Waals surface area contributed by atoms with Crippen molar-refractivity contribution in [3.05, 3.63) is 75.5 Å². The number of nitrogens with one attached hydrogen (secondary N) is 1. The molecule has 4 aromatic rings. The Labute approximate surface area is 194 Å². The van der Waals surface area contributed by atoms with E-state index in [0.29, 0.717) is 5.16 Å². The van der Waals surface area contributed by atoms with E-state index in [1.54, 1.807) is 0 Å². The molecule has 31 heavy (non-hydrogen) atoms. The van der Waals surface area contributed by atoms with Crippen LogP contribution in [0.25, 0.3) is 16.5 Å². The standard InChI is InChI=1S/C24H23BrN4OS/c1-14-8-7-9-18-19(14)12-15(2)16(3)23(18)29-17(4)27-28-24(29)31-13-22(30)26-21-11-6-5-10-20(21)25/h5-12H,13H2,1-4H3,(H,26,30). The van der Waals surface area contributed by atoms with E-state index in [2.05, 4.69) is 81.0 Å². The molecule has 0 saturated heterocycles. The van der Waals surface area contributed by atoms with Crippen LogP contribution in [0.2, 0.25) is 0 Å². The minimum absolute atomic E-state index is 0.0919. The van der Waals surface area contributed by atoms with Gasteiger partial charge in [-0.2, -0.15) is 0 Å². The Morgan fingerprint density at radius 1 is 1.00 bits per heavy atom. The van der Waals surface area contributed by atoms with Gasteiger partial charge in [-0.3, -0.25) is 9.36 Å². The van der Waals surface area contributed by atoms with E-state index >= 15 is 0 Å². The first-order valence-electron chi connectivity index (χ1n) is 9.96. The number of para-hydroxylation sites is 1. The third-order valence-electron chi connectivity index (χ3n) is 5.39. The summed E-state index contributed by atoms with van der Waals surface area (Å²) in [4.78, 5) is 12.6. The molecule has 158 valence electrons. The SMILES string of the molecule is Cc1cc2c(C)cccc2c(-n2c(C)nnc2SCC(=O)Nc2ccccc2Br)c1C. The number of anilines is 1. The molecule has 0 fully saturated rings. The Morgan fingerprint density at radius 2 is 1.77 bits per heavy atom. The second kappa shape index (κ2) is 8.85. The van der Waals surface area contributed by atoms with E-state index in [1.165, 1.54) is 33.8 Å². The number of amides is 1. The van der Waals surface area contributed by atoms with E-state index in [9.17, 15) is 4.79 Å². The van der Waals surface area contributed by atoms with Gasteiger partial charge in [-0.25, -0.2) is 0 Å². The topological polar surface area (TPSA) is 59.8 Å². The fraction of sp³-hybridized carbons (Fsp3) is 0.208. The number of nitrogens with zero attached hydrogens (tertiary/aromatic N) is 3. The summed E-state index contributed by atoms with van der Waals surface area (Å²) in [6, 6.07) is 16.1. The smallest absolute Gasteiger partial charge is 0.234 e. The molecule has 1 amide bonds. The van der Waals surface area contributed by atoms with Crippen LogP contribution in [0.4, 0.5) is 5.69 Å². The van der Waals surface area contributed by atoms with E-state index in [-0.39, 0.29) is 11.7 Å². The van der Waals surface area contributed by atoms with Gasteiger partial charge >= 0.3 is 0 Å². The predicted molar refractivity (Wildman–Crippen MR) is 131 cm³/mol. The molecule has 7 heteroatoms. The van der Waals surface area contributed by atoms with E-state index in [1.807, 2.05) is 31.2 Å². The van der Waals surface area contributed by atoms with Crippen LogP contribution in [0.5, 0.6) is 0 Å². The van der Waals surface area contributed by atoms with Crippen molar-refractivity contribution >= 4 is 50.1 Å². The highest BCUT2D eigenvalue weighted by molar-refractivity contribution is 9.10. The van der Waals surface area contributed by atoms with Gasteiger partial charge < -0.3 is 5.32 Å². The highest BCUT2D eigenvalue weighted by Crippen LogP contribution is 2.34. The maximum absolute atomic E-state index is 12.6. The monoisotopic (exact) mass is 494 g/mol. The van der Waals surface area contributed by atoms with Crippen LogP contribution in [-0.2, 0) is 4.79 Å². The number of thioether (sulfide) groups is 1. The number of rotatable bonds is 5. The van der Waals surface area contributed by atoms with Crippen molar-refractivity contribution in [2.45, 2.75) is 32.9 Å². The van der Waals surface area contributed by atoms with Crippen molar-refractivity contribution in [1.29, 1.82) is 0 Å². The van der Waals surface area contributed by atoms with Crippen molar-refractivity contribution in [1.82, 2.24) is 14.8 Å². The average Bonchev–Trinajstić information content (AvgIpc) is 3.10. The van der Waals surface area contributed by atoms with Crippen LogP contribution < -0.4 is 5.32 Å². The molecule has 1 aromatic heterocycles. The van der Waals surface area contributed by atoms with Gasteiger partial charge in [-0.15, -0.1) is 10.2 Å². The lowest BCUT2D eigenvalue weighted by Gasteiger charge is -2.17. The molecule has 0 saturated carbocycles. The quantitative estimate of drug-likeness (QED) is 0.338. The molecule has 0 aliphatic rings. The lowest BCUT2D eigenvalue weighted by atomic mass is 9.97. The third kappa shape index (κ3) is 4.25. The Hall–Kier alpha value is -2.64. The summed E-state index contributed by atoms with van der Waals surface area (Å²) in [5.74, 6) is 0.942. The zero-order chi connectivity index (χ0) is 22.1. The maximum atomic E-state index is 12.6. The predicted octanol–water partition coefficient (Wildman–Crippen LogP) is 6.15. The fourth-order valence-electron chi connectivity index (χ4n) is 3.65. The van der Waals surface area contributed by atoms with Gasteiger partial charge in [0.2, 0.25) is 5.91 Å². The first kappa shape index (κ1) is 21.6. The zero-order valence-electron chi connectivity index (χ0n) is 17.9. The number of hydrogen-bond acceptors (Lipinski definition) is 4. The molecule has 0 aliphatic carbocycles. The molecule has 0 spiro atoms. The third-order valence-corrected chi connectivity index (χ3v) is 7.01. The molecule has 0 radical (unpaired) electrons. The van der Waals surface area contributed by atoms with Gasteiger partial charge in [0.25, 0.3) is 0 Å². The molecule has 1 heterocycles. The van der Waals surface area contributed by atoms with Crippen LogP contribution in [0.1, 0.15) is 22.5 Å². The van der Waals surface area contributed by atoms with Gasteiger partial charge in [0.15, 0.2) is 5.16 Å². The Balaban J connectivity index is 1.68. The van der Waals surface area contributed by atoms with Crippen molar-refractivity contribution < 1.29 is 4.79 Å². The summed E-state index contributed by atoms with van der Waals surface area (Å²) in [6.07, 6.45) is 0. The number of aryl methyl sites for hydroxylation is 3. The summed E-state index contributed by atoms with van der Waals surface area (Å²) in [5, 5.41) is 14.7. The van der Waals surface area contributed by atoms with Crippen LogP contribution in [-0.4, -0.2) is 26.4 Å². The molecule has 1 N–H and O–H groups in total. The maximum Gasteiger partial charge on any atom is 0.234 e. The Kier molecular flexibility index (Phi) is 6.16. The van der Waals surface area contributed by atoms with E-state index < -0.39 is 0 Å². The summed E-state index contributed by atoms with van der Waals surface area (Å²) in [7, 11) is 0. The second-order valence-electron chi connectivity index (χ2n) is 7.52. The molecule has 3 aromatic carbocycles. The summed E-state index contributed by atoms with van der Waals surface area (Å²) in [6.45, 7) is 8.32. The zero-order valence-corrected chi connectivity index (χ0v) is 20.3. The van der Waals surface area contributed by atoms with E-state index in [0.717, 1.165) is 27.1 Å². The van der Waals surface area contributed by atoms with Crippen molar-refractivity contribution in [3.8, 4) is 5.69 Å². The molecule has 0 atom stereocenters. The van der Waals surface area contributed by atoms with Gasteiger partial charge in [-0.05, 0) is 77.8 Å². The average molecular weight is 495 g/mol. The number of aromatic nitrogens is 3. The number of halogens is 1. The summed E-state index contributed by atoms with van der Waals surface area (Å²) >= 11 is 4.85. The van der Waals surface area contributed by atoms with Crippen molar-refractivity contribution in [2.75, 3.05) is 11.1 Å². The molecule has 4 rings (SSSR count). The molecule has 0 bridgehead atoms. The summed E-state index contributed by atoms with van der Waals surface area (Å²) < 4.78 is 2.92. The van der Waals surface area contributed by atoms with Crippen LogP contribution in [0.3, 0.4) is 0 Å². The van der Waals surface area contributed by atoms with Crippen molar-refractivity contribution in [3.63, 3.8) is 0 Å². The number of fused-ring (bicyclic) bond motifs is 1. The van der Waals surface area contributed by atoms with Gasteiger partial charge in [0.05, 0.1) is 17.1 Å². The van der Waals surface area contributed by atoms with Gasteiger partial charge in [-0.1, -0.05) is 48.2 Å². The fourth-order valence-corrected chi connectivity index (χ4v) is 4.82. The normalized spacial score (nSPS) is 11.1. The van der Waals surface area contributed by atoms with Crippen LogP contribution in [0.15, 0.2) is 58.2 Å². The highest BCUT2D eigenvalue weighted by Gasteiger charge is 2.19. The number of hydrogen-bond donors (Lipinski definition) is 1. The molecular formula is C24H23BrN4OS. The number of carbonyl (C=O) groups excluding carboxylic acids is 1. The number of carbonyl (C=O) groups is 1. The Morgan fingerprint density at radius 3 is 2.55 bits per heavy atom. The van der Waals surface area contributed by atoms with Crippen LogP contribution in [0, 0.1) is 27.7 Å². The second-order valence-corrected chi connectivity index (χ2v) is 9.32. The van der Waals surface area contributed by atoms with Gasteiger partial charge in [0.1, 0.15) is 5.82 Å². The largest absolute Gasteiger partial charge is 0.324 e. The first-order valence-corrected chi connectivity index (χ1v) is 11.7.